The van der Waals surface area contributed by atoms with Gasteiger partial charge in [0.25, 0.3) is 20.0 Å². The molecule has 0 radical (unpaired) electrons. The zero-order chi connectivity index (χ0) is 38.5. The van der Waals surface area contributed by atoms with Crippen LogP contribution in [0.25, 0.3) is 21.8 Å². The Labute approximate surface area is 336 Å². The van der Waals surface area contributed by atoms with Crippen LogP contribution in [0.4, 0.5) is 0 Å². The van der Waals surface area contributed by atoms with E-state index in [0.717, 1.165) is 10.0 Å². The van der Waals surface area contributed by atoms with Crippen LogP contribution < -0.4 is 9.47 Å². The van der Waals surface area contributed by atoms with E-state index < -0.39 is 25.7 Å². The maximum atomic E-state index is 14.0. The summed E-state index contributed by atoms with van der Waals surface area (Å²) in [7, 11) is -0.338. The topological polar surface area (TPSA) is 103 Å². The molecule has 0 bridgehead atoms. The minimum absolute atomic E-state index is 0.0990. The lowest BCUT2D eigenvalue weighted by atomic mass is 10.0. The Hall–Kier alpha value is -3.08. The normalized spacial score (nSPS) is 12.7. The summed E-state index contributed by atoms with van der Waals surface area (Å²) < 4.78 is 72.0. The van der Waals surface area contributed by atoms with E-state index in [0.29, 0.717) is 54.2 Å². The van der Waals surface area contributed by atoms with E-state index in [9.17, 15) is 16.8 Å². The zero-order valence-electron chi connectivity index (χ0n) is 29.3. The van der Waals surface area contributed by atoms with Crippen molar-refractivity contribution in [1.29, 1.82) is 0 Å². The number of rotatable bonds is 13. The predicted octanol–water partition coefficient (Wildman–Crippen LogP) is 8.88. The Balaban J connectivity index is 1.31. The molecule has 4 aromatic carbocycles. The summed E-state index contributed by atoms with van der Waals surface area (Å²) in [6.07, 6.45) is 3.33. The van der Waals surface area contributed by atoms with Crippen molar-refractivity contribution in [2.45, 2.75) is 28.8 Å². The number of aryl methyl sites for hydroxylation is 1. The van der Waals surface area contributed by atoms with Crippen molar-refractivity contribution >= 4 is 96.9 Å². The fraction of sp³-hybridized carbons (Fsp3) is 0.243. The number of ether oxygens (including phenoxy) is 2. The molecule has 0 aliphatic rings. The maximum Gasteiger partial charge on any atom is 0.269 e. The number of fused-ring (bicyclic) bond motifs is 2. The maximum absolute atomic E-state index is 14.0. The van der Waals surface area contributed by atoms with Gasteiger partial charge in [-0.1, -0.05) is 45.2 Å². The molecule has 0 N–H and O–H groups in total. The highest BCUT2D eigenvalue weighted by Crippen LogP contribution is 2.37. The van der Waals surface area contributed by atoms with Gasteiger partial charge in [0.2, 0.25) is 0 Å². The number of hydrogen-bond acceptors (Lipinski definition) is 8. The molecule has 0 amide bonds. The highest BCUT2D eigenvalue weighted by atomic mass is 79.9. The quantitative estimate of drug-likeness (QED) is 0.106. The first-order valence-electron chi connectivity index (χ1n) is 16.2. The van der Waals surface area contributed by atoms with Crippen LogP contribution in [0, 0.1) is 6.92 Å². The van der Waals surface area contributed by atoms with E-state index in [2.05, 4.69) is 31.9 Å². The molecular weight excluding hydrogens is 891 g/mol. The minimum Gasteiger partial charge on any atom is -0.491 e. The van der Waals surface area contributed by atoms with Crippen LogP contribution in [-0.2, 0) is 20.0 Å². The molecule has 53 heavy (non-hydrogen) atoms. The van der Waals surface area contributed by atoms with Crippen LogP contribution in [0.2, 0.25) is 10.0 Å². The SMILES string of the molecule is Cc1ccc(S(=O)(=O)n2cc(OCC(CCOc3cn(S(=O)(=O)c4ccc(Br)cc4)c4ccc(Cl)cc34)(N(C)C)N(C)C)c3cc(Cl)ccc32)c(Br)c1. The first kappa shape index (κ1) is 39.6. The first-order valence-corrected chi connectivity index (χ1v) is 21.4. The largest absolute Gasteiger partial charge is 0.491 e. The molecule has 280 valence electrons. The third-order valence-electron chi connectivity index (χ3n) is 9.27. The molecule has 0 aliphatic carbocycles. The molecule has 6 rings (SSSR count). The van der Waals surface area contributed by atoms with E-state index in [-0.39, 0.29) is 23.0 Å². The van der Waals surface area contributed by atoms with Gasteiger partial charge in [0.1, 0.15) is 28.7 Å². The van der Waals surface area contributed by atoms with Gasteiger partial charge >= 0.3 is 0 Å². The zero-order valence-corrected chi connectivity index (χ0v) is 35.7. The van der Waals surface area contributed by atoms with Gasteiger partial charge in [0, 0.05) is 36.2 Å². The van der Waals surface area contributed by atoms with Crippen molar-refractivity contribution in [3.63, 3.8) is 0 Å². The van der Waals surface area contributed by atoms with Gasteiger partial charge in [-0.15, -0.1) is 0 Å². The molecule has 0 fully saturated rings. The number of nitrogens with zero attached hydrogens (tertiary/aromatic N) is 4. The molecular formula is C37H36Br2Cl2N4O6S2. The summed E-state index contributed by atoms with van der Waals surface area (Å²) in [6.45, 7) is 2.14. The monoisotopic (exact) mass is 924 g/mol. The van der Waals surface area contributed by atoms with Gasteiger partial charge in [-0.3, -0.25) is 9.80 Å². The Morgan fingerprint density at radius 2 is 1.23 bits per heavy atom. The molecule has 0 spiro atoms. The van der Waals surface area contributed by atoms with Gasteiger partial charge < -0.3 is 9.47 Å². The van der Waals surface area contributed by atoms with E-state index >= 15 is 0 Å². The second-order valence-corrected chi connectivity index (χ2v) is 19.2. The van der Waals surface area contributed by atoms with Crippen LogP contribution in [0.5, 0.6) is 11.5 Å². The van der Waals surface area contributed by atoms with Crippen LogP contribution in [0.3, 0.4) is 0 Å². The Morgan fingerprint density at radius 3 is 1.75 bits per heavy atom. The molecule has 0 saturated carbocycles. The van der Waals surface area contributed by atoms with Crippen LogP contribution in [-0.4, -0.2) is 81.6 Å². The van der Waals surface area contributed by atoms with Crippen LogP contribution >= 0.6 is 55.1 Å². The van der Waals surface area contributed by atoms with Crippen LogP contribution in [0.15, 0.2) is 110 Å². The molecule has 10 nitrogen and oxygen atoms in total. The molecule has 16 heteroatoms. The molecule has 0 saturated heterocycles. The van der Waals surface area contributed by atoms with E-state index in [4.69, 9.17) is 32.7 Å². The summed E-state index contributed by atoms with van der Waals surface area (Å²) in [4.78, 5) is 4.24. The van der Waals surface area contributed by atoms with Gasteiger partial charge in [-0.2, -0.15) is 0 Å². The molecule has 0 aliphatic heterocycles. The third-order valence-corrected chi connectivity index (χ3v) is 14.6. The van der Waals surface area contributed by atoms with Crippen molar-refractivity contribution in [2.24, 2.45) is 0 Å². The number of likely N-dealkylation sites (N-methyl/N-ethyl adjacent to an activating group) is 2. The second kappa shape index (κ2) is 15.2. The average Bonchev–Trinajstić information content (AvgIpc) is 3.64. The lowest BCUT2D eigenvalue weighted by Gasteiger charge is -2.44. The van der Waals surface area contributed by atoms with Crippen molar-refractivity contribution in [3.05, 3.63) is 116 Å². The second-order valence-electron chi connectivity index (χ2n) is 13.0. The fourth-order valence-corrected chi connectivity index (χ4v) is 10.7. The van der Waals surface area contributed by atoms with Gasteiger partial charge in [-0.05, 0) is 129 Å². The number of halogens is 4. The summed E-state index contributed by atoms with van der Waals surface area (Å²) in [5, 5.41) is 1.93. The summed E-state index contributed by atoms with van der Waals surface area (Å²) in [6, 6.07) is 21.4. The number of benzene rings is 4. The van der Waals surface area contributed by atoms with E-state index in [1.165, 1.54) is 32.5 Å². The minimum atomic E-state index is -4.04. The van der Waals surface area contributed by atoms with E-state index in [1.807, 2.05) is 44.9 Å². The first-order chi connectivity index (χ1) is 25.0. The summed E-state index contributed by atoms with van der Waals surface area (Å²) in [5.74, 6) is 0.680. The Morgan fingerprint density at radius 1 is 0.698 bits per heavy atom. The van der Waals surface area contributed by atoms with E-state index in [1.54, 1.807) is 66.7 Å². The molecule has 2 heterocycles. The summed E-state index contributed by atoms with van der Waals surface area (Å²) >= 11 is 19.6. The molecule has 6 aromatic rings. The summed E-state index contributed by atoms with van der Waals surface area (Å²) in [5.41, 5.74) is 0.973. The van der Waals surface area contributed by atoms with Crippen molar-refractivity contribution in [1.82, 2.24) is 17.7 Å². The van der Waals surface area contributed by atoms with Crippen molar-refractivity contribution < 1.29 is 26.3 Å². The highest BCUT2D eigenvalue weighted by Gasteiger charge is 2.37. The number of hydrogen-bond donors (Lipinski definition) is 0. The standard InChI is InChI=1S/C37H36Br2Cl2N4O6S2/c1-24-6-15-36(31(39)18-24)53(48,49)45-22-35(30-20-27(41)10-14-33(30)45)51-23-37(42(2)3,43(4)5)16-17-50-34-21-44(32-13-9-26(40)19-29(32)34)52(46,47)28-11-7-25(38)8-12-28/h6-15,18-22H,16-17,23H2,1-5H3. The lowest BCUT2D eigenvalue weighted by Crippen LogP contribution is -2.59. The third kappa shape index (κ3) is 7.62. The van der Waals surface area contributed by atoms with Gasteiger partial charge in [0.15, 0.2) is 0 Å². The average molecular weight is 928 g/mol. The lowest BCUT2D eigenvalue weighted by molar-refractivity contribution is -0.0480. The predicted molar refractivity (Wildman–Crippen MR) is 218 cm³/mol. The van der Waals surface area contributed by atoms with Gasteiger partial charge in [0.05, 0.1) is 34.9 Å². The Kier molecular flexibility index (Phi) is 11.4. The molecule has 2 aromatic heterocycles. The number of aromatic nitrogens is 2. The van der Waals surface area contributed by atoms with Crippen molar-refractivity contribution in [2.75, 3.05) is 41.4 Å². The Bertz CT molecular complexity index is 2550. The van der Waals surface area contributed by atoms with Gasteiger partial charge in [-0.25, -0.2) is 24.8 Å². The molecule has 0 atom stereocenters. The highest BCUT2D eigenvalue weighted by molar-refractivity contribution is 9.10. The van der Waals surface area contributed by atoms with Crippen LogP contribution in [0.1, 0.15) is 12.0 Å². The van der Waals surface area contributed by atoms with Crippen molar-refractivity contribution in [3.8, 4) is 11.5 Å². The molecule has 0 unspecified atom stereocenters. The smallest absolute Gasteiger partial charge is 0.269 e. The fourth-order valence-electron chi connectivity index (χ4n) is 6.25.